The largest absolute Gasteiger partial charge is 0.323 e. The van der Waals surface area contributed by atoms with Gasteiger partial charge in [-0.2, -0.15) is 8.42 Å². The Morgan fingerprint density at radius 2 is 1.90 bits per heavy atom. The zero-order valence-electron chi connectivity index (χ0n) is 10.8. The molecular formula is C11H12N4O4S2. The predicted molar refractivity (Wildman–Crippen MR) is 78.7 cm³/mol. The van der Waals surface area contributed by atoms with Gasteiger partial charge in [0.15, 0.2) is 5.13 Å². The lowest BCUT2D eigenvalue weighted by molar-refractivity contribution is 0.0701. The molecule has 21 heavy (non-hydrogen) atoms. The summed E-state index contributed by atoms with van der Waals surface area (Å²) in [6.45, 7) is 1.89. The molecule has 1 aromatic heterocycles. The Hall–Kier alpha value is -2.17. The number of aromatic nitrogens is 1. The SMILES string of the molecule is Cc1ccc(NS(=O)(=O)Nc2nc(C(=O)NO)cs2)cc1. The summed E-state index contributed by atoms with van der Waals surface area (Å²) in [4.78, 5) is 14.8. The first-order chi connectivity index (χ1) is 9.89. The Labute approximate surface area is 125 Å². The fourth-order valence-corrected chi connectivity index (χ4v) is 3.23. The molecule has 10 heteroatoms. The monoisotopic (exact) mass is 328 g/mol. The standard InChI is InChI=1S/C11H12N4O4S2/c1-7-2-4-8(5-3-7)14-21(18,19)15-11-12-9(6-20-11)10(16)13-17/h2-6,14,17H,1H3,(H,12,15)(H,13,16). The normalized spacial score (nSPS) is 11.0. The third-order valence-corrected chi connectivity index (χ3v) is 4.22. The number of nitrogens with one attached hydrogen (secondary N) is 3. The van der Waals surface area contributed by atoms with Crippen molar-refractivity contribution in [1.82, 2.24) is 10.5 Å². The lowest BCUT2D eigenvalue weighted by Gasteiger charge is -2.08. The molecule has 0 radical (unpaired) electrons. The van der Waals surface area contributed by atoms with Crippen molar-refractivity contribution in [2.75, 3.05) is 9.44 Å². The maximum Gasteiger partial charge on any atom is 0.323 e. The van der Waals surface area contributed by atoms with Crippen LogP contribution in [0.3, 0.4) is 0 Å². The van der Waals surface area contributed by atoms with Gasteiger partial charge in [0.1, 0.15) is 5.69 Å². The molecule has 1 heterocycles. The van der Waals surface area contributed by atoms with Crippen LogP contribution in [0.15, 0.2) is 29.6 Å². The van der Waals surface area contributed by atoms with E-state index in [1.807, 2.05) is 6.92 Å². The van der Waals surface area contributed by atoms with Crippen molar-refractivity contribution in [3.63, 3.8) is 0 Å². The van der Waals surface area contributed by atoms with Crippen molar-refractivity contribution in [2.45, 2.75) is 6.92 Å². The van der Waals surface area contributed by atoms with Crippen molar-refractivity contribution >= 4 is 38.3 Å². The van der Waals surface area contributed by atoms with Gasteiger partial charge in [-0.15, -0.1) is 11.3 Å². The smallest absolute Gasteiger partial charge is 0.288 e. The zero-order chi connectivity index (χ0) is 15.5. The molecule has 0 atom stereocenters. The van der Waals surface area contributed by atoms with Gasteiger partial charge in [0, 0.05) is 5.38 Å². The molecule has 2 rings (SSSR count). The molecule has 2 aromatic rings. The van der Waals surface area contributed by atoms with E-state index < -0.39 is 16.1 Å². The highest BCUT2D eigenvalue weighted by molar-refractivity contribution is 7.94. The number of rotatable bonds is 5. The Balaban J connectivity index is 2.08. The van der Waals surface area contributed by atoms with Crippen molar-refractivity contribution in [1.29, 1.82) is 0 Å². The molecule has 0 aliphatic carbocycles. The van der Waals surface area contributed by atoms with Crippen LogP contribution in [-0.2, 0) is 10.2 Å². The van der Waals surface area contributed by atoms with Crippen LogP contribution >= 0.6 is 11.3 Å². The quantitative estimate of drug-likeness (QED) is 0.487. The van der Waals surface area contributed by atoms with Crippen LogP contribution in [0, 0.1) is 6.92 Å². The summed E-state index contributed by atoms with van der Waals surface area (Å²) in [7, 11) is -3.87. The number of hydrogen-bond donors (Lipinski definition) is 4. The minimum Gasteiger partial charge on any atom is -0.288 e. The number of aryl methyl sites for hydroxylation is 1. The van der Waals surface area contributed by atoms with Crippen LogP contribution in [0.2, 0.25) is 0 Å². The molecule has 0 saturated heterocycles. The number of carbonyl (C=O) groups excluding carboxylic acids is 1. The van der Waals surface area contributed by atoms with E-state index in [1.54, 1.807) is 24.3 Å². The molecule has 8 nitrogen and oxygen atoms in total. The van der Waals surface area contributed by atoms with Gasteiger partial charge in [-0.1, -0.05) is 17.7 Å². The Bertz CT molecular complexity index is 740. The van der Waals surface area contributed by atoms with Crippen molar-refractivity contribution < 1.29 is 18.4 Å². The minimum atomic E-state index is -3.87. The van der Waals surface area contributed by atoms with Gasteiger partial charge < -0.3 is 0 Å². The van der Waals surface area contributed by atoms with E-state index >= 15 is 0 Å². The minimum absolute atomic E-state index is 0.00760. The van der Waals surface area contributed by atoms with E-state index in [0.717, 1.165) is 16.9 Å². The molecule has 4 N–H and O–H groups in total. The molecule has 1 amide bonds. The maximum absolute atomic E-state index is 11.9. The Morgan fingerprint density at radius 3 is 2.52 bits per heavy atom. The van der Waals surface area contributed by atoms with Crippen LogP contribution in [-0.4, -0.2) is 24.5 Å². The lowest BCUT2D eigenvalue weighted by atomic mass is 10.2. The topological polar surface area (TPSA) is 120 Å². The van der Waals surface area contributed by atoms with E-state index in [1.165, 1.54) is 10.9 Å². The van der Waals surface area contributed by atoms with Gasteiger partial charge >= 0.3 is 10.2 Å². The number of amides is 1. The first-order valence-corrected chi connectivity index (χ1v) is 8.03. The van der Waals surface area contributed by atoms with E-state index in [0.29, 0.717) is 5.69 Å². The van der Waals surface area contributed by atoms with Gasteiger partial charge in [-0.3, -0.25) is 14.7 Å². The Morgan fingerprint density at radius 1 is 1.24 bits per heavy atom. The van der Waals surface area contributed by atoms with Crippen LogP contribution in [0.4, 0.5) is 10.8 Å². The van der Waals surface area contributed by atoms with Crippen molar-refractivity contribution in [3.8, 4) is 0 Å². The van der Waals surface area contributed by atoms with Crippen molar-refractivity contribution in [2.24, 2.45) is 0 Å². The second-order valence-electron chi connectivity index (χ2n) is 4.05. The summed E-state index contributed by atoms with van der Waals surface area (Å²) in [5.41, 5.74) is 2.73. The molecule has 0 spiro atoms. The number of benzene rings is 1. The summed E-state index contributed by atoms with van der Waals surface area (Å²) < 4.78 is 28.3. The highest BCUT2D eigenvalue weighted by atomic mass is 32.2. The van der Waals surface area contributed by atoms with Gasteiger partial charge in [0.2, 0.25) is 0 Å². The second-order valence-corrected chi connectivity index (χ2v) is 6.33. The summed E-state index contributed by atoms with van der Waals surface area (Å²) in [5.74, 6) is -0.816. The summed E-state index contributed by atoms with van der Waals surface area (Å²) in [6.07, 6.45) is 0. The van der Waals surface area contributed by atoms with Gasteiger partial charge in [-0.25, -0.2) is 15.2 Å². The number of nitrogens with zero attached hydrogens (tertiary/aromatic N) is 1. The number of thiazole rings is 1. The van der Waals surface area contributed by atoms with E-state index in [2.05, 4.69) is 14.4 Å². The van der Waals surface area contributed by atoms with Crippen molar-refractivity contribution in [3.05, 3.63) is 40.9 Å². The average Bonchev–Trinajstić information content (AvgIpc) is 2.88. The molecule has 0 unspecified atom stereocenters. The summed E-state index contributed by atoms with van der Waals surface area (Å²) in [6, 6.07) is 6.79. The van der Waals surface area contributed by atoms with Crippen LogP contribution in [0.25, 0.3) is 0 Å². The zero-order valence-corrected chi connectivity index (χ0v) is 12.5. The van der Waals surface area contributed by atoms with E-state index in [-0.39, 0.29) is 10.8 Å². The van der Waals surface area contributed by atoms with Gasteiger partial charge in [0.25, 0.3) is 5.91 Å². The molecule has 112 valence electrons. The third kappa shape index (κ3) is 4.15. The molecule has 0 bridgehead atoms. The number of carbonyl (C=O) groups is 1. The summed E-state index contributed by atoms with van der Waals surface area (Å²) >= 11 is 0.920. The predicted octanol–water partition coefficient (Wildman–Crippen LogP) is 1.34. The maximum atomic E-state index is 11.9. The third-order valence-electron chi connectivity index (χ3n) is 2.36. The molecule has 0 aliphatic heterocycles. The van der Waals surface area contributed by atoms with Gasteiger partial charge in [0.05, 0.1) is 5.69 Å². The second kappa shape index (κ2) is 6.08. The fourth-order valence-electron chi connectivity index (χ4n) is 1.40. The molecular weight excluding hydrogens is 316 g/mol. The van der Waals surface area contributed by atoms with E-state index in [9.17, 15) is 13.2 Å². The summed E-state index contributed by atoms with van der Waals surface area (Å²) in [5, 5.41) is 9.78. The number of anilines is 2. The average molecular weight is 328 g/mol. The van der Waals surface area contributed by atoms with Gasteiger partial charge in [-0.05, 0) is 19.1 Å². The number of hydrogen-bond acceptors (Lipinski definition) is 6. The highest BCUT2D eigenvalue weighted by Gasteiger charge is 2.15. The molecule has 0 aliphatic rings. The first kappa shape index (κ1) is 15.2. The van der Waals surface area contributed by atoms with Crippen LogP contribution in [0.5, 0.6) is 0 Å². The fraction of sp³-hybridized carbons (Fsp3) is 0.0909. The molecule has 0 saturated carbocycles. The first-order valence-electron chi connectivity index (χ1n) is 5.67. The van der Waals surface area contributed by atoms with Crippen LogP contribution < -0.4 is 14.9 Å². The lowest BCUT2D eigenvalue weighted by Crippen LogP contribution is -2.22. The highest BCUT2D eigenvalue weighted by Crippen LogP contribution is 2.18. The van der Waals surface area contributed by atoms with E-state index in [4.69, 9.17) is 5.21 Å². The molecule has 0 fully saturated rings. The number of hydroxylamine groups is 1. The molecule has 1 aromatic carbocycles. The Kier molecular flexibility index (Phi) is 4.40. The van der Waals surface area contributed by atoms with Crippen LogP contribution in [0.1, 0.15) is 16.1 Å².